The number of thioether (sulfide) groups is 1. The van der Waals surface area contributed by atoms with Crippen molar-refractivity contribution in [2.75, 3.05) is 25.3 Å². The van der Waals surface area contributed by atoms with Gasteiger partial charge in [-0.25, -0.2) is 0 Å². The fourth-order valence-electron chi connectivity index (χ4n) is 2.22. The van der Waals surface area contributed by atoms with Gasteiger partial charge in [0.15, 0.2) is 0 Å². The summed E-state index contributed by atoms with van der Waals surface area (Å²) in [5.74, 6) is 0.852. The molecule has 2 aromatic rings. The van der Waals surface area contributed by atoms with Crippen molar-refractivity contribution in [3.05, 3.63) is 48.0 Å². The maximum Gasteiger partial charge on any atom is 0.120 e. The third kappa shape index (κ3) is 2.92. The molecule has 0 amide bonds. The van der Waals surface area contributed by atoms with Crippen LogP contribution in [-0.2, 0) is 6.54 Å². The molecule has 20 heavy (non-hydrogen) atoms. The molecule has 0 saturated carbocycles. The molecule has 0 radical (unpaired) electrons. The van der Waals surface area contributed by atoms with E-state index in [1.54, 1.807) is 18.9 Å². The van der Waals surface area contributed by atoms with Gasteiger partial charge in [-0.2, -0.15) is 0 Å². The highest BCUT2D eigenvalue weighted by Crippen LogP contribution is 2.33. The molecule has 106 valence electrons. The van der Waals surface area contributed by atoms with Crippen LogP contribution in [0.25, 0.3) is 0 Å². The van der Waals surface area contributed by atoms with E-state index in [1.165, 1.54) is 10.5 Å². The maximum absolute atomic E-state index is 5.93. The number of nitrogens with zero attached hydrogens (tertiary/aromatic N) is 1. The highest BCUT2D eigenvalue weighted by molar-refractivity contribution is 7.98. The van der Waals surface area contributed by atoms with E-state index in [-0.39, 0.29) is 0 Å². The van der Waals surface area contributed by atoms with Crippen LogP contribution in [0.5, 0.6) is 5.75 Å². The molecule has 2 aromatic carbocycles. The average molecular weight is 288 g/mol. The molecule has 2 N–H and O–H groups in total. The molecular weight excluding hydrogens is 268 g/mol. The van der Waals surface area contributed by atoms with Crippen molar-refractivity contribution in [3.8, 4) is 5.75 Å². The van der Waals surface area contributed by atoms with Gasteiger partial charge >= 0.3 is 0 Å². The zero-order chi connectivity index (χ0) is 14.5. The Morgan fingerprint density at radius 3 is 2.60 bits per heavy atom. The summed E-state index contributed by atoms with van der Waals surface area (Å²) in [5.41, 5.74) is 9.32. The van der Waals surface area contributed by atoms with Crippen LogP contribution in [0, 0.1) is 0 Å². The minimum Gasteiger partial charge on any atom is -0.497 e. The Morgan fingerprint density at radius 2 is 1.95 bits per heavy atom. The number of nitrogens with two attached hydrogens (primary N) is 1. The van der Waals surface area contributed by atoms with Gasteiger partial charge in [-0.05, 0) is 30.5 Å². The number of hydrogen-bond acceptors (Lipinski definition) is 4. The van der Waals surface area contributed by atoms with Gasteiger partial charge in [0.2, 0.25) is 0 Å². The zero-order valence-corrected chi connectivity index (χ0v) is 12.9. The van der Waals surface area contributed by atoms with Crippen LogP contribution in [0.4, 0.5) is 11.4 Å². The van der Waals surface area contributed by atoms with Crippen molar-refractivity contribution >= 4 is 23.1 Å². The lowest BCUT2D eigenvalue weighted by atomic mass is 10.1. The third-order valence-electron chi connectivity index (χ3n) is 3.33. The molecule has 2 rings (SSSR count). The van der Waals surface area contributed by atoms with Crippen molar-refractivity contribution in [1.29, 1.82) is 0 Å². The Bertz CT molecular complexity index is 586. The largest absolute Gasteiger partial charge is 0.497 e. The first-order chi connectivity index (χ1) is 9.71. The molecule has 4 heteroatoms. The minimum absolute atomic E-state index is 0.528. The van der Waals surface area contributed by atoms with Crippen LogP contribution in [0.3, 0.4) is 0 Å². The predicted molar refractivity (Wildman–Crippen MR) is 87.2 cm³/mol. The molecule has 0 aliphatic heterocycles. The van der Waals surface area contributed by atoms with Crippen LogP contribution in [0.2, 0.25) is 0 Å². The highest BCUT2D eigenvalue weighted by atomic mass is 32.2. The van der Waals surface area contributed by atoms with Gasteiger partial charge in [0.25, 0.3) is 0 Å². The van der Waals surface area contributed by atoms with E-state index in [4.69, 9.17) is 10.5 Å². The van der Waals surface area contributed by atoms with Gasteiger partial charge in [0, 0.05) is 41.5 Å². The Hall–Kier alpha value is -1.65. The topological polar surface area (TPSA) is 38.5 Å². The quantitative estimate of drug-likeness (QED) is 0.852. The molecule has 0 aromatic heterocycles. The Morgan fingerprint density at radius 1 is 1.20 bits per heavy atom. The lowest BCUT2D eigenvalue weighted by Crippen LogP contribution is -2.14. The van der Waals surface area contributed by atoms with Crippen molar-refractivity contribution in [3.63, 3.8) is 0 Å². The molecule has 0 saturated heterocycles. The van der Waals surface area contributed by atoms with E-state index < -0.39 is 0 Å². The first-order valence-corrected chi connectivity index (χ1v) is 7.67. The second-order valence-corrected chi connectivity index (χ2v) is 5.27. The summed E-state index contributed by atoms with van der Waals surface area (Å²) in [5, 5.41) is 0. The lowest BCUT2D eigenvalue weighted by Gasteiger charge is -2.24. The third-order valence-corrected chi connectivity index (χ3v) is 4.16. The smallest absolute Gasteiger partial charge is 0.120 e. The molecule has 0 aliphatic carbocycles. The van der Waals surface area contributed by atoms with Gasteiger partial charge in [-0.15, -0.1) is 11.8 Å². The van der Waals surface area contributed by atoms with Crippen LogP contribution >= 0.6 is 11.8 Å². The second kappa shape index (κ2) is 6.68. The number of anilines is 2. The number of methoxy groups -OCH3 is 1. The van der Waals surface area contributed by atoms with Gasteiger partial charge in [0.1, 0.15) is 5.75 Å². The van der Waals surface area contributed by atoms with Gasteiger partial charge < -0.3 is 15.4 Å². The van der Waals surface area contributed by atoms with Crippen LogP contribution in [0.1, 0.15) is 5.56 Å². The van der Waals surface area contributed by atoms with Crippen LogP contribution in [-0.4, -0.2) is 20.4 Å². The van der Waals surface area contributed by atoms with Crippen LogP contribution < -0.4 is 15.4 Å². The van der Waals surface area contributed by atoms with Crippen molar-refractivity contribution in [2.45, 2.75) is 11.4 Å². The standard InChI is InChI=1S/C16H20N2OS/c1-18(12-6-4-7-13(10-12)19-2)15-8-5-9-16(20-3)14(15)11-17/h4-10H,11,17H2,1-3H3. The first kappa shape index (κ1) is 14.8. The summed E-state index contributed by atoms with van der Waals surface area (Å²) in [6.07, 6.45) is 2.07. The number of hydrogen-bond donors (Lipinski definition) is 1. The molecule has 0 bridgehead atoms. The molecule has 0 fully saturated rings. The van der Waals surface area contributed by atoms with Gasteiger partial charge in [0.05, 0.1) is 7.11 Å². The summed E-state index contributed by atoms with van der Waals surface area (Å²) in [7, 11) is 3.73. The Balaban J connectivity index is 2.44. The molecule has 0 atom stereocenters. The van der Waals surface area contributed by atoms with Gasteiger partial charge in [-0.3, -0.25) is 0 Å². The number of ether oxygens (including phenoxy) is 1. The zero-order valence-electron chi connectivity index (χ0n) is 12.1. The fourth-order valence-corrected chi connectivity index (χ4v) is 2.87. The summed E-state index contributed by atoms with van der Waals surface area (Å²) in [6.45, 7) is 0.528. The first-order valence-electron chi connectivity index (χ1n) is 6.45. The molecular formula is C16H20N2OS. The van der Waals surface area contributed by atoms with E-state index in [2.05, 4.69) is 35.4 Å². The van der Waals surface area contributed by atoms with E-state index in [1.807, 2.05) is 25.2 Å². The lowest BCUT2D eigenvalue weighted by molar-refractivity contribution is 0.415. The van der Waals surface area contributed by atoms with Crippen molar-refractivity contribution < 1.29 is 4.74 Å². The SMILES string of the molecule is COc1cccc(N(C)c2cccc(SC)c2CN)c1. The molecule has 0 spiro atoms. The molecule has 0 unspecified atom stereocenters. The average Bonchev–Trinajstić information content (AvgIpc) is 2.53. The van der Waals surface area contributed by atoms with Gasteiger partial charge in [-0.1, -0.05) is 12.1 Å². The second-order valence-electron chi connectivity index (χ2n) is 4.42. The highest BCUT2D eigenvalue weighted by Gasteiger charge is 2.12. The number of benzene rings is 2. The Labute approximate surface area is 124 Å². The maximum atomic E-state index is 5.93. The van der Waals surface area contributed by atoms with E-state index >= 15 is 0 Å². The predicted octanol–water partition coefficient (Wildman–Crippen LogP) is 3.64. The van der Waals surface area contributed by atoms with E-state index in [9.17, 15) is 0 Å². The molecule has 3 nitrogen and oxygen atoms in total. The summed E-state index contributed by atoms with van der Waals surface area (Å²) >= 11 is 1.72. The van der Waals surface area contributed by atoms with E-state index in [0.29, 0.717) is 6.54 Å². The summed E-state index contributed by atoms with van der Waals surface area (Å²) in [6, 6.07) is 14.3. The van der Waals surface area contributed by atoms with E-state index in [0.717, 1.165) is 17.1 Å². The van der Waals surface area contributed by atoms with Crippen LogP contribution in [0.15, 0.2) is 47.4 Å². The summed E-state index contributed by atoms with van der Waals surface area (Å²) in [4.78, 5) is 3.37. The van der Waals surface area contributed by atoms with Crippen molar-refractivity contribution in [1.82, 2.24) is 0 Å². The number of rotatable bonds is 5. The monoisotopic (exact) mass is 288 g/mol. The Kier molecular flexibility index (Phi) is 4.93. The molecule has 0 aliphatic rings. The molecule has 0 heterocycles. The normalized spacial score (nSPS) is 10.4. The fraction of sp³-hybridized carbons (Fsp3) is 0.250. The minimum atomic E-state index is 0.528. The summed E-state index contributed by atoms with van der Waals surface area (Å²) < 4.78 is 5.29. The van der Waals surface area contributed by atoms with Crippen molar-refractivity contribution in [2.24, 2.45) is 5.73 Å².